The van der Waals surface area contributed by atoms with Gasteiger partial charge in [-0.05, 0) is 56.1 Å². The highest BCUT2D eigenvalue weighted by atomic mass is 16.5. The number of hydrogen-bond acceptors (Lipinski definition) is 4. The molecule has 2 atom stereocenters. The van der Waals surface area contributed by atoms with E-state index in [4.69, 9.17) is 9.47 Å². The van der Waals surface area contributed by atoms with E-state index in [0.717, 1.165) is 36.4 Å². The summed E-state index contributed by atoms with van der Waals surface area (Å²) in [4.78, 5) is 0. The lowest BCUT2D eigenvalue weighted by Gasteiger charge is -2.30. The first kappa shape index (κ1) is 18.3. The lowest BCUT2D eigenvalue weighted by atomic mass is 9.87. The summed E-state index contributed by atoms with van der Waals surface area (Å²) >= 11 is 0. The number of methoxy groups -OCH3 is 2. The second-order valence-electron chi connectivity index (χ2n) is 6.04. The molecule has 4 nitrogen and oxygen atoms in total. The van der Waals surface area contributed by atoms with Crippen molar-refractivity contribution in [1.82, 2.24) is 5.32 Å². The number of aliphatic hydroxyl groups is 1. The molecule has 0 aromatic heterocycles. The van der Waals surface area contributed by atoms with E-state index in [1.807, 2.05) is 61.5 Å². The topological polar surface area (TPSA) is 50.7 Å². The number of rotatable bonds is 4. The highest BCUT2D eigenvalue weighted by Gasteiger charge is 2.35. The van der Waals surface area contributed by atoms with E-state index in [9.17, 15) is 5.11 Å². The lowest BCUT2D eigenvalue weighted by molar-refractivity contribution is 0.0218. The van der Waals surface area contributed by atoms with Crippen LogP contribution >= 0.6 is 0 Å². The fourth-order valence-electron chi connectivity index (χ4n) is 2.85. The standard InChI is InChI=1S/C13H19NO2.C7H8O/c1-13(15,12-4-3-9-14-12)10-5-7-11(16-2)8-6-10;1-8-7-5-3-2-4-6-7/h5-8,12,14-15H,3-4,9H2,1-2H3;2-6H,1H3/t12?,13-;/m0./s1. The Balaban J connectivity index is 0.000000219. The van der Waals surface area contributed by atoms with Crippen molar-refractivity contribution >= 4 is 0 Å². The Hall–Kier alpha value is -2.04. The molecule has 2 aromatic rings. The molecule has 0 saturated carbocycles. The fraction of sp³-hybridized carbons (Fsp3) is 0.400. The van der Waals surface area contributed by atoms with E-state index < -0.39 is 5.60 Å². The first-order valence-electron chi connectivity index (χ1n) is 8.27. The lowest BCUT2D eigenvalue weighted by Crippen LogP contribution is -2.42. The van der Waals surface area contributed by atoms with Crippen LogP contribution in [0.5, 0.6) is 11.5 Å². The molecule has 0 amide bonds. The molecule has 0 radical (unpaired) electrons. The molecule has 0 aliphatic carbocycles. The van der Waals surface area contributed by atoms with Crippen molar-refractivity contribution in [1.29, 1.82) is 0 Å². The molecule has 4 heteroatoms. The maximum atomic E-state index is 10.5. The van der Waals surface area contributed by atoms with Gasteiger partial charge in [0.05, 0.1) is 14.2 Å². The zero-order valence-corrected chi connectivity index (χ0v) is 14.7. The zero-order valence-electron chi connectivity index (χ0n) is 14.7. The van der Waals surface area contributed by atoms with Gasteiger partial charge in [0, 0.05) is 6.04 Å². The summed E-state index contributed by atoms with van der Waals surface area (Å²) in [5.41, 5.74) is 0.135. The minimum Gasteiger partial charge on any atom is -0.497 e. The van der Waals surface area contributed by atoms with E-state index in [1.165, 1.54) is 0 Å². The van der Waals surface area contributed by atoms with Gasteiger partial charge in [-0.3, -0.25) is 0 Å². The van der Waals surface area contributed by atoms with Gasteiger partial charge >= 0.3 is 0 Å². The predicted octanol–water partition coefficient (Wildman–Crippen LogP) is 3.35. The monoisotopic (exact) mass is 329 g/mol. The Kier molecular flexibility index (Phi) is 6.64. The summed E-state index contributed by atoms with van der Waals surface area (Å²) < 4.78 is 10.0. The maximum absolute atomic E-state index is 10.5. The smallest absolute Gasteiger partial charge is 0.118 e. The molecule has 1 aliphatic rings. The number of para-hydroxylation sites is 1. The van der Waals surface area contributed by atoms with Crippen LogP contribution in [0.1, 0.15) is 25.3 Å². The average molecular weight is 329 g/mol. The van der Waals surface area contributed by atoms with Crippen LogP contribution in [0.15, 0.2) is 54.6 Å². The Morgan fingerprint density at radius 1 is 0.958 bits per heavy atom. The number of nitrogens with one attached hydrogen (secondary N) is 1. The third-order valence-electron chi connectivity index (χ3n) is 4.39. The Bertz CT molecular complexity index is 590. The summed E-state index contributed by atoms with van der Waals surface area (Å²) in [7, 11) is 3.31. The quantitative estimate of drug-likeness (QED) is 0.903. The molecule has 1 aliphatic heterocycles. The Labute approximate surface area is 144 Å². The van der Waals surface area contributed by atoms with Crippen molar-refractivity contribution in [2.45, 2.75) is 31.4 Å². The van der Waals surface area contributed by atoms with Crippen LogP contribution < -0.4 is 14.8 Å². The molecule has 1 heterocycles. The first-order chi connectivity index (χ1) is 11.6. The number of benzene rings is 2. The van der Waals surface area contributed by atoms with Crippen molar-refractivity contribution in [3.8, 4) is 11.5 Å². The van der Waals surface area contributed by atoms with Crippen molar-refractivity contribution in [3.63, 3.8) is 0 Å². The van der Waals surface area contributed by atoms with Crippen LogP contribution in [0, 0.1) is 0 Å². The summed E-state index contributed by atoms with van der Waals surface area (Å²) in [6.07, 6.45) is 2.16. The molecule has 3 rings (SSSR count). The summed E-state index contributed by atoms with van der Waals surface area (Å²) in [6.45, 7) is 2.87. The van der Waals surface area contributed by atoms with Crippen molar-refractivity contribution in [2.75, 3.05) is 20.8 Å². The third kappa shape index (κ3) is 4.73. The van der Waals surface area contributed by atoms with E-state index >= 15 is 0 Å². The van der Waals surface area contributed by atoms with Gasteiger partial charge in [-0.2, -0.15) is 0 Å². The van der Waals surface area contributed by atoms with Crippen LogP contribution in [-0.2, 0) is 5.60 Å². The average Bonchev–Trinajstić information content (AvgIpc) is 3.18. The van der Waals surface area contributed by atoms with Crippen LogP contribution in [0.4, 0.5) is 0 Å². The van der Waals surface area contributed by atoms with Gasteiger partial charge in [-0.1, -0.05) is 30.3 Å². The SMILES string of the molecule is COc1ccc([C@](C)(O)C2CCCN2)cc1.COc1ccccc1. The maximum Gasteiger partial charge on any atom is 0.118 e. The minimum absolute atomic E-state index is 0.154. The molecule has 1 unspecified atom stereocenters. The summed E-state index contributed by atoms with van der Waals surface area (Å²) in [6, 6.07) is 17.5. The van der Waals surface area contributed by atoms with Gasteiger partial charge in [0.15, 0.2) is 0 Å². The molecular formula is C20H27NO3. The van der Waals surface area contributed by atoms with Gasteiger partial charge in [0.2, 0.25) is 0 Å². The largest absolute Gasteiger partial charge is 0.497 e. The molecule has 2 aromatic carbocycles. The molecule has 0 spiro atoms. The predicted molar refractivity (Wildman–Crippen MR) is 96.6 cm³/mol. The van der Waals surface area contributed by atoms with Gasteiger partial charge in [-0.15, -0.1) is 0 Å². The first-order valence-corrected chi connectivity index (χ1v) is 8.27. The van der Waals surface area contributed by atoms with Gasteiger partial charge < -0.3 is 19.9 Å². The highest BCUT2D eigenvalue weighted by Crippen LogP contribution is 2.30. The van der Waals surface area contributed by atoms with Crippen molar-refractivity contribution < 1.29 is 14.6 Å². The summed E-state index contributed by atoms with van der Waals surface area (Å²) in [5.74, 6) is 1.73. The van der Waals surface area contributed by atoms with E-state index in [1.54, 1.807) is 14.2 Å². The molecule has 130 valence electrons. The molecular weight excluding hydrogens is 302 g/mol. The van der Waals surface area contributed by atoms with Crippen LogP contribution in [0.25, 0.3) is 0 Å². The molecule has 2 N–H and O–H groups in total. The van der Waals surface area contributed by atoms with Gasteiger partial charge in [0.1, 0.15) is 17.1 Å². The van der Waals surface area contributed by atoms with Crippen molar-refractivity contribution in [2.24, 2.45) is 0 Å². The normalized spacial score (nSPS) is 18.9. The van der Waals surface area contributed by atoms with E-state index in [0.29, 0.717) is 0 Å². The molecule has 1 fully saturated rings. The van der Waals surface area contributed by atoms with E-state index in [-0.39, 0.29) is 6.04 Å². The zero-order chi connectivity index (χ0) is 17.4. The second-order valence-corrected chi connectivity index (χ2v) is 6.04. The van der Waals surface area contributed by atoms with E-state index in [2.05, 4.69) is 5.32 Å². The minimum atomic E-state index is -0.803. The second kappa shape index (κ2) is 8.71. The fourth-order valence-corrected chi connectivity index (χ4v) is 2.85. The van der Waals surface area contributed by atoms with Crippen LogP contribution in [0.3, 0.4) is 0 Å². The molecule has 24 heavy (non-hydrogen) atoms. The van der Waals surface area contributed by atoms with Crippen molar-refractivity contribution in [3.05, 3.63) is 60.2 Å². The van der Waals surface area contributed by atoms with Crippen LogP contribution in [-0.4, -0.2) is 31.9 Å². The molecule has 0 bridgehead atoms. The number of ether oxygens (including phenoxy) is 2. The van der Waals surface area contributed by atoms with Gasteiger partial charge in [-0.25, -0.2) is 0 Å². The Morgan fingerprint density at radius 3 is 2.00 bits per heavy atom. The number of hydrogen-bond donors (Lipinski definition) is 2. The summed E-state index contributed by atoms with van der Waals surface area (Å²) in [5, 5.41) is 13.9. The molecule has 1 saturated heterocycles. The van der Waals surface area contributed by atoms with Crippen LogP contribution in [0.2, 0.25) is 0 Å². The highest BCUT2D eigenvalue weighted by molar-refractivity contribution is 5.31. The van der Waals surface area contributed by atoms with Gasteiger partial charge in [0.25, 0.3) is 0 Å². The third-order valence-corrected chi connectivity index (χ3v) is 4.39. The Morgan fingerprint density at radius 2 is 1.54 bits per heavy atom.